The summed E-state index contributed by atoms with van der Waals surface area (Å²) in [6, 6.07) is 11.9. The van der Waals surface area contributed by atoms with E-state index in [2.05, 4.69) is 0 Å². The van der Waals surface area contributed by atoms with Crippen LogP contribution < -0.4 is 4.74 Å². The number of aryl methyl sites for hydroxylation is 2. The van der Waals surface area contributed by atoms with Gasteiger partial charge in [0.25, 0.3) is 0 Å². The molecule has 7 nitrogen and oxygen atoms in total. The zero-order chi connectivity index (χ0) is 21.4. The van der Waals surface area contributed by atoms with Crippen molar-refractivity contribution in [3.63, 3.8) is 0 Å². The van der Waals surface area contributed by atoms with E-state index < -0.39 is 20.0 Å². The van der Waals surface area contributed by atoms with Crippen LogP contribution in [0.2, 0.25) is 0 Å². The van der Waals surface area contributed by atoms with Crippen molar-refractivity contribution in [1.29, 1.82) is 0 Å². The van der Waals surface area contributed by atoms with Crippen molar-refractivity contribution in [3.8, 4) is 5.75 Å². The van der Waals surface area contributed by atoms with E-state index in [9.17, 15) is 16.8 Å². The van der Waals surface area contributed by atoms with Crippen LogP contribution in [0.25, 0.3) is 0 Å². The van der Waals surface area contributed by atoms with Crippen molar-refractivity contribution in [2.75, 3.05) is 33.3 Å². The van der Waals surface area contributed by atoms with Crippen LogP contribution >= 0.6 is 0 Å². The summed E-state index contributed by atoms with van der Waals surface area (Å²) < 4.78 is 60.2. The molecule has 162 valence electrons. The summed E-state index contributed by atoms with van der Waals surface area (Å²) in [4.78, 5) is 0.391. The van der Waals surface area contributed by atoms with Crippen LogP contribution in [0, 0.1) is 0 Å². The van der Waals surface area contributed by atoms with E-state index in [4.69, 9.17) is 4.74 Å². The first-order chi connectivity index (χ1) is 14.3. The van der Waals surface area contributed by atoms with E-state index >= 15 is 0 Å². The fraction of sp³-hybridized carbons (Fsp3) is 0.429. The van der Waals surface area contributed by atoms with Crippen molar-refractivity contribution in [2.24, 2.45) is 0 Å². The third-order valence-electron chi connectivity index (χ3n) is 5.84. The monoisotopic (exact) mass is 450 g/mol. The maximum Gasteiger partial charge on any atom is 0.246 e. The quantitative estimate of drug-likeness (QED) is 0.698. The van der Waals surface area contributed by atoms with Crippen molar-refractivity contribution >= 4 is 20.0 Å². The van der Waals surface area contributed by atoms with Crippen molar-refractivity contribution in [3.05, 3.63) is 53.6 Å². The molecule has 0 N–H and O–H groups in total. The van der Waals surface area contributed by atoms with E-state index in [0.717, 1.165) is 31.2 Å². The number of piperazine rings is 1. The zero-order valence-corrected chi connectivity index (χ0v) is 18.6. The van der Waals surface area contributed by atoms with Crippen LogP contribution in [0.3, 0.4) is 0 Å². The highest BCUT2D eigenvalue weighted by Gasteiger charge is 2.35. The summed E-state index contributed by atoms with van der Waals surface area (Å²) >= 11 is 0. The molecule has 1 aliphatic heterocycles. The molecule has 0 amide bonds. The van der Waals surface area contributed by atoms with Gasteiger partial charge in [-0.2, -0.15) is 8.61 Å². The molecule has 0 bridgehead atoms. The van der Waals surface area contributed by atoms with Gasteiger partial charge in [-0.1, -0.05) is 18.2 Å². The lowest BCUT2D eigenvalue weighted by molar-refractivity contribution is 0.272. The molecule has 0 atom stereocenters. The molecule has 1 aliphatic carbocycles. The van der Waals surface area contributed by atoms with Gasteiger partial charge >= 0.3 is 0 Å². The molecule has 0 saturated carbocycles. The SMILES string of the molecule is COc1ccccc1S(=O)(=O)N1CCN(S(=O)(=O)c2ccc3c(c2)CCCC3)CC1. The topological polar surface area (TPSA) is 84.0 Å². The van der Waals surface area contributed by atoms with Gasteiger partial charge in [-0.05, 0) is 61.1 Å². The molecule has 1 saturated heterocycles. The third-order valence-corrected chi connectivity index (χ3v) is 9.67. The number of hydrogen-bond donors (Lipinski definition) is 0. The number of methoxy groups -OCH3 is 1. The molecule has 9 heteroatoms. The number of para-hydroxylation sites is 1. The lowest BCUT2D eigenvalue weighted by atomic mass is 9.92. The predicted octanol–water partition coefficient (Wildman–Crippen LogP) is 2.27. The van der Waals surface area contributed by atoms with Gasteiger partial charge in [0, 0.05) is 26.2 Å². The van der Waals surface area contributed by atoms with Crippen molar-refractivity contribution in [2.45, 2.75) is 35.5 Å². The number of hydrogen-bond acceptors (Lipinski definition) is 5. The maximum absolute atomic E-state index is 13.1. The highest BCUT2D eigenvalue weighted by atomic mass is 32.2. The molecule has 30 heavy (non-hydrogen) atoms. The number of nitrogens with zero attached hydrogens (tertiary/aromatic N) is 2. The second-order valence-corrected chi connectivity index (χ2v) is 11.4. The molecular weight excluding hydrogens is 424 g/mol. The number of ether oxygens (including phenoxy) is 1. The average Bonchev–Trinajstić information content (AvgIpc) is 2.78. The predicted molar refractivity (Wildman–Crippen MR) is 114 cm³/mol. The first-order valence-electron chi connectivity index (χ1n) is 10.1. The van der Waals surface area contributed by atoms with Gasteiger partial charge in [-0.25, -0.2) is 16.8 Å². The fourth-order valence-corrected chi connectivity index (χ4v) is 7.19. The first kappa shape index (κ1) is 21.3. The number of fused-ring (bicyclic) bond motifs is 1. The van der Waals surface area contributed by atoms with Crippen molar-refractivity contribution < 1.29 is 21.6 Å². The molecule has 1 heterocycles. The summed E-state index contributed by atoms with van der Waals surface area (Å²) in [7, 11) is -5.99. The van der Waals surface area contributed by atoms with Crippen molar-refractivity contribution in [1.82, 2.24) is 8.61 Å². The van der Waals surface area contributed by atoms with Crippen LogP contribution in [-0.4, -0.2) is 58.7 Å². The molecule has 0 radical (unpaired) electrons. The molecule has 0 unspecified atom stereocenters. The molecular formula is C21H26N2O5S2. The summed E-state index contributed by atoms with van der Waals surface area (Å²) in [6.07, 6.45) is 4.12. The normalized spacial score (nSPS) is 18.7. The Hall–Kier alpha value is -1.94. The second-order valence-electron chi connectivity index (χ2n) is 7.60. The Morgan fingerprint density at radius 2 is 1.37 bits per heavy atom. The molecule has 0 spiro atoms. The van der Waals surface area contributed by atoms with Gasteiger partial charge in [0.1, 0.15) is 10.6 Å². The number of benzene rings is 2. The van der Waals surface area contributed by atoms with Gasteiger partial charge in [0.2, 0.25) is 20.0 Å². The maximum atomic E-state index is 13.1. The average molecular weight is 451 g/mol. The zero-order valence-electron chi connectivity index (χ0n) is 17.0. The highest BCUT2D eigenvalue weighted by molar-refractivity contribution is 7.89. The Kier molecular flexibility index (Phi) is 5.89. The Bertz CT molecular complexity index is 1140. The van der Waals surface area contributed by atoms with Gasteiger partial charge in [0.15, 0.2) is 0 Å². The number of rotatable bonds is 5. The lowest BCUT2D eigenvalue weighted by Crippen LogP contribution is -2.50. The Morgan fingerprint density at radius 1 is 0.767 bits per heavy atom. The van der Waals surface area contributed by atoms with Gasteiger partial charge in [0.05, 0.1) is 12.0 Å². The smallest absolute Gasteiger partial charge is 0.246 e. The van der Waals surface area contributed by atoms with Gasteiger partial charge in [-0.15, -0.1) is 0 Å². The van der Waals surface area contributed by atoms with Gasteiger partial charge < -0.3 is 4.74 Å². The fourth-order valence-electron chi connectivity index (χ4n) is 4.14. The summed E-state index contributed by atoms with van der Waals surface area (Å²) in [5.74, 6) is 0.279. The summed E-state index contributed by atoms with van der Waals surface area (Å²) in [6.45, 7) is 0.441. The van der Waals surface area contributed by atoms with Crippen LogP contribution in [0.4, 0.5) is 0 Å². The Morgan fingerprint density at radius 3 is 2.03 bits per heavy atom. The van der Waals surface area contributed by atoms with Crippen LogP contribution in [-0.2, 0) is 32.9 Å². The minimum absolute atomic E-state index is 0.0958. The molecule has 2 aliphatic rings. The largest absolute Gasteiger partial charge is 0.495 e. The molecule has 0 aromatic heterocycles. The third kappa shape index (κ3) is 3.87. The van der Waals surface area contributed by atoms with Crippen LogP contribution in [0.15, 0.2) is 52.3 Å². The Labute approximate surface area is 178 Å². The van der Waals surface area contributed by atoms with E-state index in [1.807, 2.05) is 6.07 Å². The van der Waals surface area contributed by atoms with E-state index in [0.29, 0.717) is 4.90 Å². The highest BCUT2D eigenvalue weighted by Crippen LogP contribution is 2.29. The Balaban J connectivity index is 1.51. The molecule has 2 aromatic carbocycles. The molecule has 1 fully saturated rings. The second kappa shape index (κ2) is 8.30. The van der Waals surface area contributed by atoms with E-state index in [1.54, 1.807) is 30.3 Å². The van der Waals surface area contributed by atoms with Crippen LogP contribution in [0.1, 0.15) is 24.0 Å². The summed E-state index contributed by atoms with van der Waals surface area (Å²) in [5, 5.41) is 0. The van der Waals surface area contributed by atoms with E-state index in [1.165, 1.54) is 27.4 Å². The lowest BCUT2D eigenvalue weighted by Gasteiger charge is -2.33. The molecule has 4 rings (SSSR count). The minimum Gasteiger partial charge on any atom is -0.495 e. The standard InChI is InChI=1S/C21H26N2O5S2/c1-28-20-8-4-5-9-21(20)30(26,27)23-14-12-22(13-15-23)29(24,25)19-11-10-17-6-2-3-7-18(17)16-19/h4-5,8-11,16H,2-3,6-7,12-15H2,1H3. The minimum atomic E-state index is -3.76. The van der Waals surface area contributed by atoms with Gasteiger partial charge in [-0.3, -0.25) is 0 Å². The number of sulfonamides is 2. The molecule has 2 aromatic rings. The summed E-state index contributed by atoms with van der Waals surface area (Å²) in [5.41, 5.74) is 2.34. The van der Waals surface area contributed by atoms with Crippen LogP contribution in [0.5, 0.6) is 5.75 Å². The first-order valence-corrected chi connectivity index (χ1v) is 13.0. The van der Waals surface area contributed by atoms with E-state index in [-0.39, 0.29) is 36.8 Å².